The summed E-state index contributed by atoms with van der Waals surface area (Å²) in [5, 5.41) is 19.8. The molecule has 0 amide bonds. The number of aryl methyl sites for hydroxylation is 2. The lowest BCUT2D eigenvalue weighted by Gasteiger charge is -2.08. The first kappa shape index (κ1) is 27.9. The van der Waals surface area contributed by atoms with Gasteiger partial charge in [0.2, 0.25) is 11.9 Å². The fourth-order valence-corrected chi connectivity index (χ4v) is 4.52. The predicted octanol–water partition coefficient (Wildman–Crippen LogP) is 2.55. The fraction of sp³-hybridized carbons (Fsp3) is 0.179. The zero-order chi connectivity index (χ0) is 30.0. The number of nitrogens with two attached hydrogens (primary N) is 2. The number of aliphatic hydroxyl groups is 1. The maximum Gasteiger partial charge on any atom is 0.222 e. The van der Waals surface area contributed by atoms with Gasteiger partial charge in [0.25, 0.3) is 0 Å². The summed E-state index contributed by atoms with van der Waals surface area (Å²) < 4.78 is 14.0. The van der Waals surface area contributed by atoms with E-state index in [4.69, 9.17) is 20.9 Å². The van der Waals surface area contributed by atoms with Crippen LogP contribution in [0.15, 0.2) is 48.8 Å². The number of hydrogen-bond donors (Lipinski definition) is 3. The van der Waals surface area contributed by atoms with Crippen molar-refractivity contribution in [2.45, 2.75) is 6.61 Å². The fourth-order valence-electron chi connectivity index (χ4n) is 4.52. The molecule has 0 bridgehead atoms. The van der Waals surface area contributed by atoms with Crippen LogP contribution in [0.4, 0.5) is 11.9 Å². The number of aromatic nitrogens is 8. The van der Waals surface area contributed by atoms with E-state index in [1.807, 2.05) is 12.1 Å². The van der Waals surface area contributed by atoms with Crippen molar-refractivity contribution in [2.24, 2.45) is 14.1 Å². The number of rotatable bonds is 6. The summed E-state index contributed by atoms with van der Waals surface area (Å²) in [6.07, 6.45) is 4.04. The standard InChI is InChI=1S/C14H15N5O2.C14H13N5O2/c2*1-19-13-10(6-16-14(15)17-13)12(18-19)9-5-8(7-20)3-4-11(9)21-2/h3-6,20H,7H2,1-2H3,(H2,15,16,17);3-7H,1-2H3,(H2,15,16,17). The van der Waals surface area contributed by atoms with E-state index in [9.17, 15) is 9.90 Å². The molecule has 42 heavy (non-hydrogen) atoms. The van der Waals surface area contributed by atoms with Crippen LogP contribution < -0.4 is 20.9 Å². The van der Waals surface area contributed by atoms with E-state index in [-0.39, 0.29) is 18.5 Å². The zero-order valence-electron chi connectivity index (χ0n) is 23.3. The highest BCUT2D eigenvalue weighted by atomic mass is 16.5. The minimum atomic E-state index is -0.0504. The summed E-state index contributed by atoms with van der Waals surface area (Å²) >= 11 is 0. The highest BCUT2D eigenvalue weighted by Gasteiger charge is 2.18. The monoisotopic (exact) mass is 568 g/mol. The molecule has 5 N–H and O–H groups in total. The number of ether oxygens (including phenoxy) is 2. The van der Waals surface area contributed by atoms with Crippen molar-refractivity contribution >= 4 is 40.2 Å². The third-order valence-corrected chi connectivity index (χ3v) is 6.51. The topological polar surface area (TPSA) is 195 Å². The van der Waals surface area contributed by atoms with Gasteiger partial charge in [-0.05, 0) is 35.9 Å². The Labute approximate surface area is 239 Å². The molecule has 6 aromatic rings. The van der Waals surface area contributed by atoms with E-state index in [0.29, 0.717) is 45.3 Å². The molecule has 0 aliphatic heterocycles. The number of aliphatic hydroxyl groups excluding tert-OH is 1. The molecule has 0 aliphatic carbocycles. The van der Waals surface area contributed by atoms with Gasteiger partial charge in [-0.15, -0.1) is 0 Å². The highest BCUT2D eigenvalue weighted by Crippen LogP contribution is 2.35. The minimum absolute atomic E-state index is 0.0504. The van der Waals surface area contributed by atoms with Crippen LogP contribution in [0.3, 0.4) is 0 Å². The third-order valence-electron chi connectivity index (χ3n) is 6.51. The summed E-state index contributed by atoms with van der Waals surface area (Å²) in [6.45, 7) is -0.0504. The molecule has 0 spiro atoms. The molecule has 14 nitrogen and oxygen atoms in total. The van der Waals surface area contributed by atoms with Crippen LogP contribution in [0, 0.1) is 0 Å². The van der Waals surface area contributed by atoms with Crippen molar-refractivity contribution in [1.82, 2.24) is 39.5 Å². The van der Waals surface area contributed by atoms with E-state index in [2.05, 4.69) is 30.1 Å². The predicted molar refractivity (Wildman–Crippen MR) is 157 cm³/mol. The summed E-state index contributed by atoms with van der Waals surface area (Å²) in [6, 6.07) is 10.6. The van der Waals surface area contributed by atoms with Gasteiger partial charge >= 0.3 is 0 Å². The van der Waals surface area contributed by atoms with Crippen molar-refractivity contribution in [1.29, 1.82) is 0 Å². The summed E-state index contributed by atoms with van der Waals surface area (Å²) in [5.41, 5.74) is 16.6. The SMILES string of the molecule is COc1ccc(C=O)cc1-c1nn(C)c2nc(N)ncc12.COc1ccc(CO)cc1-c1nn(C)c2nc(N)ncc12. The largest absolute Gasteiger partial charge is 0.496 e. The van der Waals surface area contributed by atoms with Crippen molar-refractivity contribution in [2.75, 3.05) is 25.7 Å². The van der Waals surface area contributed by atoms with Gasteiger partial charge in [0.05, 0.1) is 31.6 Å². The first-order chi connectivity index (χ1) is 20.3. The van der Waals surface area contributed by atoms with Crippen LogP contribution in [-0.2, 0) is 20.7 Å². The number of methoxy groups -OCH3 is 2. The van der Waals surface area contributed by atoms with Crippen molar-refractivity contribution < 1.29 is 19.4 Å². The van der Waals surface area contributed by atoms with Gasteiger partial charge in [-0.2, -0.15) is 20.2 Å². The van der Waals surface area contributed by atoms with Crippen LogP contribution in [0.25, 0.3) is 44.6 Å². The first-order valence-corrected chi connectivity index (χ1v) is 12.6. The lowest BCUT2D eigenvalue weighted by atomic mass is 10.1. The molecule has 4 aromatic heterocycles. The Kier molecular flexibility index (Phi) is 7.62. The van der Waals surface area contributed by atoms with Gasteiger partial charge in [-0.3, -0.25) is 4.79 Å². The Hall–Kier alpha value is -5.63. The number of carbonyl (C=O) groups is 1. The van der Waals surface area contributed by atoms with Crippen LogP contribution in [-0.4, -0.2) is 65.1 Å². The molecule has 2 aromatic carbocycles. The Balaban J connectivity index is 0.000000168. The Morgan fingerprint density at radius 3 is 1.79 bits per heavy atom. The minimum Gasteiger partial charge on any atom is -0.496 e. The normalized spacial score (nSPS) is 10.9. The molecule has 4 heterocycles. The molecule has 14 heteroatoms. The zero-order valence-corrected chi connectivity index (χ0v) is 23.3. The number of hydrogen-bond acceptors (Lipinski definition) is 12. The van der Waals surface area contributed by atoms with Crippen molar-refractivity contribution in [3.8, 4) is 34.0 Å². The van der Waals surface area contributed by atoms with Crippen LogP contribution in [0.5, 0.6) is 11.5 Å². The van der Waals surface area contributed by atoms with E-state index in [1.165, 1.54) is 0 Å². The number of nitrogens with zero attached hydrogens (tertiary/aromatic N) is 8. The van der Waals surface area contributed by atoms with Crippen LogP contribution in [0.2, 0.25) is 0 Å². The molecule has 0 fully saturated rings. The van der Waals surface area contributed by atoms with Gasteiger partial charge in [0.15, 0.2) is 11.3 Å². The van der Waals surface area contributed by atoms with Gasteiger partial charge in [-0.25, -0.2) is 19.3 Å². The second-order valence-electron chi connectivity index (χ2n) is 9.15. The molecule has 0 saturated carbocycles. The maximum absolute atomic E-state index is 11.0. The van der Waals surface area contributed by atoms with Gasteiger partial charge < -0.3 is 26.0 Å². The molecule has 0 atom stereocenters. The molecule has 0 aliphatic rings. The van der Waals surface area contributed by atoms with Gasteiger partial charge in [0.1, 0.15) is 29.2 Å². The Morgan fingerprint density at radius 1 is 0.810 bits per heavy atom. The van der Waals surface area contributed by atoms with Crippen molar-refractivity contribution in [3.63, 3.8) is 0 Å². The Morgan fingerprint density at radius 2 is 1.31 bits per heavy atom. The van der Waals surface area contributed by atoms with E-state index < -0.39 is 0 Å². The second-order valence-corrected chi connectivity index (χ2v) is 9.15. The maximum atomic E-state index is 11.0. The lowest BCUT2D eigenvalue weighted by molar-refractivity contribution is 0.112. The lowest BCUT2D eigenvalue weighted by Crippen LogP contribution is -1.97. The average Bonchev–Trinajstić information content (AvgIpc) is 3.51. The molecular weight excluding hydrogens is 540 g/mol. The van der Waals surface area contributed by atoms with Gasteiger partial charge in [-0.1, -0.05) is 6.07 Å². The third kappa shape index (κ3) is 5.13. The number of carbonyl (C=O) groups excluding carboxylic acids is 1. The first-order valence-electron chi connectivity index (χ1n) is 12.6. The number of aldehydes is 1. The second kappa shape index (κ2) is 11.5. The molecule has 0 radical (unpaired) electrons. The molecule has 0 saturated heterocycles. The van der Waals surface area contributed by atoms with Crippen molar-refractivity contribution in [3.05, 3.63) is 59.9 Å². The quantitative estimate of drug-likeness (QED) is 0.249. The molecular formula is C28H28N10O4. The summed E-state index contributed by atoms with van der Waals surface area (Å²) in [5.74, 6) is 1.68. The smallest absolute Gasteiger partial charge is 0.222 e. The number of benzene rings is 2. The number of nitrogen functional groups attached to an aromatic ring is 2. The Bertz CT molecular complexity index is 1930. The molecule has 0 unspecified atom stereocenters. The summed E-state index contributed by atoms with van der Waals surface area (Å²) in [4.78, 5) is 27.4. The van der Waals surface area contributed by atoms with E-state index in [0.717, 1.165) is 28.2 Å². The number of fused-ring (bicyclic) bond motifs is 2. The molecule has 214 valence electrons. The van der Waals surface area contributed by atoms with E-state index >= 15 is 0 Å². The van der Waals surface area contributed by atoms with E-state index in [1.54, 1.807) is 74.3 Å². The summed E-state index contributed by atoms with van der Waals surface area (Å²) in [7, 11) is 6.73. The number of anilines is 2. The average molecular weight is 569 g/mol. The highest BCUT2D eigenvalue weighted by molar-refractivity contribution is 5.94. The van der Waals surface area contributed by atoms with Crippen LogP contribution in [0.1, 0.15) is 15.9 Å². The molecule has 6 rings (SSSR count). The van der Waals surface area contributed by atoms with Crippen LogP contribution >= 0.6 is 0 Å². The van der Waals surface area contributed by atoms with Gasteiger partial charge in [0, 0.05) is 43.2 Å².